The lowest BCUT2D eigenvalue weighted by molar-refractivity contribution is -0.132. The quantitative estimate of drug-likeness (QED) is 0.738. The molecule has 1 rings (SSSR count). The van der Waals surface area contributed by atoms with Gasteiger partial charge in [0.2, 0.25) is 0 Å². The minimum atomic E-state index is -0.994. The monoisotopic (exact) mass is 265 g/mol. The van der Waals surface area contributed by atoms with E-state index in [0.717, 1.165) is 5.56 Å². The predicted octanol–water partition coefficient (Wildman–Crippen LogP) is 2.00. The van der Waals surface area contributed by atoms with Crippen molar-refractivity contribution in [3.8, 4) is 11.5 Å². The summed E-state index contributed by atoms with van der Waals surface area (Å²) in [6.45, 7) is 5.64. The highest BCUT2D eigenvalue weighted by atomic mass is 16.5. The Kier molecular flexibility index (Phi) is 5.38. The highest BCUT2D eigenvalue weighted by Crippen LogP contribution is 2.29. The van der Waals surface area contributed by atoms with Crippen LogP contribution in [-0.4, -0.2) is 31.8 Å². The zero-order chi connectivity index (χ0) is 14.4. The molecule has 0 aliphatic rings. The van der Waals surface area contributed by atoms with Gasteiger partial charge in [-0.3, -0.25) is 0 Å². The van der Waals surface area contributed by atoms with Gasteiger partial charge in [-0.2, -0.15) is 0 Å². The molecule has 0 bridgehead atoms. The van der Waals surface area contributed by atoms with Gasteiger partial charge in [-0.25, -0.2) is 4.79 Å². The number of carboxylic acid groups (broad SMARTS) is 1. The summed E-state index contributed by atoms with van der Waals surface area (Å²) in [6, 6.07) is 5.57. The van der Waals surface area contributed by atoms with E-state index >= 15 is 0 Å². The minimum absolute atomic E-state index is 0.0177. The van der Waals surface area contributed by atoms with Crippen LogP contribution in [0, 0.1) is 0 Å². The molecule has 0 fully saturated rings. The summed E-state index contributed by atoms with van der Waals surface area (Å²) >= 11 is 0. The third kappa shape index (κ3) is 3.99. The van der Waals surface area contributed by atoms with Crippen molar-refractivity contribution in [2.24, 2.45) is 0 Å². The molecule has 104 valence electrons. The second-order valence-corrected chi connectivity index (χ2v) is 4.13. The molecule has 5 heteroatoms. The molecule has 0 amide bonds. The second-order valence-electron chi connectivity index (χ2n) is 4.13. The Balaban J connectivity index is 2.74. The molecule has 19 heavy (non-hydrogen) atoms. The molecule has 0 spiro atoms. The van der Waals surface area contributed by atoms with Crippen molar-refractivity contribution in [1.82, 2.24) is 5.32 Å². The molecule has 1 aromatic carbocycles. The fraction of sp³-hybridized carbons (Fsp3) is 0.357. The lowest BCUT2D eigenvalue weighted by Gasteiger charge is -2.16. The molecule has 0 radical (unpaired) electrons. The average Bonchev–Trinajstić information content (AvgIpc) is 2.43. The average molecular weight is 265 g/mol. The molecule has 2 N–H and O–H groups in total. The number of hydrogen-bond acceptors (Lipinski definition) is 4. The van der Waals surface area contributed by atoms with Crippen LogP contribution in [0.5, 0.6) is 11.5 Å². The molecule has 0 heterocycles. The normalized spacial score (nSPS) is 11.7. The fourth-order valence-corrected chi connectivity index (χ4v) is 1.59. The molecule has 0 saturated heterocycles. The van der Waals surface area contributed by atoms with Gasteiger partial charge in [0, 0.05) is 18.2 Å². The SMILES string of the molecule is C=C(CNC(C)c1ccc(OC)c(OC)c1)C(=O)O. The van der Waals surface area contributed by atoms with E-state index in [-0.39, 0.29) is 18.2 Å². The molecule has 1 atom stereocenters. The number of aliphatic carboxylic acids is 1. The second kappa shape index (κ2) is 6.80. The summed E-state index contributed by atoms with van der Waals surface area (Å²) in [4.78, 5) is 10.7. The highest BCUT2D eigenvalue weighted by molar-refractivity contribution is 5.86. The van der Waals surface area contributed by atoms with E-state index in [2.05, 4.69) is 11.9 Å². The van der Waals surface area contributed by atoms with Crippen molar-refractivity contribution in [3.05, 3.63) is 35.9 Å². The zero-order valence-corrected chi connectivity index (χ0v) is 11.4. The van der Waals surface area contributed by atoms with Crippen molar-refractivity contribution in [1.29, 1.82) is 0 Å². The molecule has 0 saturated carbocycles. The zero-order valence-electron chi connectivity index (χ0n) is 11.4. The van der Waals surface area contributed by atoms with Crippen LogP contribution in [0.1, 0.15) is 18.5 Å². The number of methoxy groups -OCH3 is 2. The van der Waals surface area contributed by atoms with Gasteiger partial charge in [-0.05, 0) is 24.6 Å². The third-order valence-electron chi connectivity index (χ3n) is 2.83. The lowest BCUT2D eigenvalue weighted by atomic mass is 10.1. The predicted molar refractivity (Wildman–Crippen MR) is 72.7 cm³/mol. The van der Waals surface area contributed by atoms with Crippen molar-refractivity contribution in [2.45, 2.75) is 13.0 Å². The van der Waals surface area contributed by atoms with Crippen LogP contribution in [0.3, 0.4) is 0 Å². The first-order valence-electron chi connectivity index (χ1n) is 5.86. The van der Waals surface area contributed by atoms with Crippen LogP contribution in [0.15, 0.2) is 30.4 Å². The molecule has 1 unspecified atom stereocenters. The Hall–Kier alpha value is -2.01. The largest absolute Gasteiger partial charge is 0.493 e. The Labute approximate surface area is 112 Å². The fourth-order valence-electron chi connectivity index (χ4n) is 1.59. The summed E-state index contributed by atoms with van der Waals surface area (Å²) in [6.07, 6.45) is 0. The van der Waals surface area contributed by atoms with Crippen LogP contribution in [-0.2, 0) is 4.79 Å². The molecule has 1 aromatic rings. The summed E-state index contributed by atoms with van der Waals surface area (Å²) in [5, 5.41) is 11.8. The van der Waals surface area contributed by atoms with Crippen LogP contribution in [0.25, 0.3) is 0 Å². The lowest BCUT2D eigenvalue weighted by Crippen LogP contribution is -2.23. The molecule has 0 aliphatic heterocycles. The summed E-state index contributed by atoms with van der Waals surface area (Å²) in [5.74, 6) is 0.311. The van der Waals surface area contributed by atoms with Crippen molar-refractivity contribution in [3.63, 3.8) is 0 Å². The number of carbonyl (C=O) groups is 1. The summed E-state index contributed by atoms with van der Waals surface area (Å²) in [5.41, 5.74) is 1.11. The van der Waals surface area contributed by atoms with Gasteiger partial charge in [0.1, 0.15) is 0 Å². The van der Waals surface area contributed by atoms with E-state index in [1.807, 2.05) is 25.1 Å². The standard InChI is InChI=1S/C14H19NO4/c1-9(14(16)17)8-15-10(2)11-5-6-12(18-3)13(7-11)19-4/h5-7,10,15H,1,8H2,2-4H3,(H,16,17). The molecule has 0 aromatic heterocycles. The molecule has 5 nitrogen and oxygen atoms in total. The number of benzene rings is 1. The topological polar surface area (TPSA) is 67.8 Å². The van der Waals surface area contributed by atoms with Crippen LogP contribution >= 0.6 is 0 Å². The number of nitrogens with one attached hydrogen (secondary N) is 1. The first kappa shape index (κ1) is 15.0. The number of carboxylic acids is 1. The van der Waals surface area contributed by atoms with Crippen LogP contribution in [0.2, 0.25) is 0 Å². The van der Waals surface area contributed by atoms with E-state index in [1.54, 1.807) is 14.2 Å². The Morgan fingerprint density at radius 3 is 2.53 bits per heavy atom. The Morgan fingerprint density at radius 2 is 2.00 bits per heavy atom. The van der Waals surface area contributed by atoms with Crippen LogP contribution < -0.4 is 14.8 Å². The van der Waals surface area contributed by atoms with E-state index in [4.69, 9.17) is 14.6 Å². The van der Waals surface area contributed by atoms with Crippen molar-refractivity contribution >= 4 is 5.97 Å². The smallest absolute Gasteiger partial charge is 0.332 e. The van der Waals surface area contributed by atoms with Gasteiger partial charge in [-0.1, -0.05) is 12.6 Å². The van der Waals surface area contributed by atoms with Gasteiger partial charge >= 0.3 is 5.97 Å². The minimum Gasteiger partial charge on any atom is -0.493 e. The molecule has 0 aliphatic carbocycles. The maximum atomic E-state index is 10.7. The summed E-state index contributed by atoms with van der Waals surface area (Å²) in [7, 11) is 3.15. The first-order chi connectivity index (χ1) is 8.99. The maximum Gasteiger partial charge on any atom is 0.332 e. The van der Waals surface area contributed by atoms with Gasteiger partial charge in [-0.15, -0.1) is 0 Å². The van der Waals surface area contributed by atoms with Crippen LogP contribution in [0.4, 0.5) is 0 Å². The van der Waals surface area contributed by atoms with Crippen molar-refractivity contribution < 1.29 is 19.4 Å². The maximum absolute atomic E-state index is 10.7. The van der Waals surface area contributed by atoms with E-state index in [9.17, 15) is 4.79 Å². The van der Waals surface area contributed by atoms with Gasteiger partial charge in [0.25, 0.3) is 0 Å². The van der Waals surface area contributed by atoms with Crippen molar-refractivity contribution in [2.75, 3.05) is 20.8 Å². The first-order valence-corrected chi connectivity index (χ1v) is 5.86. The number of hydrogen-bond donors (Lipinski definition) is 2. The van der Waals surface area contributed by atoms with E-state index in [1.165, 1.54) is 0 Å². The highest BCUT2D eigenvalue weighted by Gasteiger charge is 2.11. The molecular weight excluding hydrogens is 246 g/mol. The Bertz CT molecular complexity index is 471. The number of rotatable bonds is 7. The van der Waals surface area contributed by atoms with Gasteiger partial charge in [0.15, 0.2) is 11.5 Å². The van der Waals surface area contributed by atoms with Gasteiger partial charge in [0.05, 0.1) is 14.2 Å². The number of ether oxygens (including phenoxy) is 2. The summed E-state index contributed by atoms with van der Waals surface area (Å²) < 4.78 is 10.4. The molecular formula is C14H19NO4. The van der Waals surface area contributed by atoms with E-state index < -0.39 is 5.97 Å². The Morgan fingerprint density at radius 1 is 1.37 bits per heavy atom. The van der Waals surface area contributed by atoms with Gasteiger partial charge < -0.3 is 19.9 Å². The third-order valence-corrected chi connectivity index (χ3v) is 2.83. The van der Waals surface area contributed by atoms with E-state index in [0.29, 0.717) is 11.5 Å².